The molecule has 2 aliphatic rings. The van der Waals surface area contributed by atoms with Crippen molar-refractivity contribution in [3.8, 4) is 5.75 Å². The lowest BCUT2D eigenvalue weighted by Gasteiger charge is -2.28. The van der Waals surface area contributed by atoms with Crippen molar-refractivity contribution in [3.05, 3.63) is 83.7 Å². The van der Waals surface area contributed by atoms with Crippen LogP contribution in [0, 0.1) is 0 Å². The van der Waals surface area contributed by atoms with E-state index in [0.29, 0.717) is 12.2 Å². The molecule has 1 N–H and O–H groups in total. The summed E-state index contributed by atoms with van der Waals surface area (Å²) in [5.41, 5.74) is 3.82. The summed E-state index contributed by atoms with van der Waals surface area (Å²) < 4.78 is 5.52. The van der Waals surface area contributed by atoms with Crippen molar-refractivity contribution in [2.45, 2.75) is 44.4 Å². The molecule has 0 radical (unpaired) electrons. The van der Waals surface area contributed by atoms with E-state index >= 15 is 0 Å². The Morgan fingerprint density at radius 3 is 2.79 bits per heavy atom. The normalized spacial score (nSPS) is 17.0. The molecule has 2 aromatic rings. The molecular weight excluding hydrogens is 416 g/mol. The monoisotopic (exact) mass is 444 g/mol. The second-order valence-corrected chi connectivity index (χ2v) is 8.22. The summed E-state index contributed by atoms with van der Waals surface area (Å²) in [7, 11) is 0. The van der Waals surface area contributed by atoms with Gasteiger partial charge in [-0.15, -0.1) is 0 Å². The zero-order valence-electron chi connectivity index (χ0n) is 18.5. The lowest BCUT2D eigenvalue weighted by molar-refractivity contribution is -0.139. The SMILES string of the molecule is O=C(O)COc1cccc2c1CCCC2CCC(=O)N(C1=CN=CCC=C1)c1ccccc1. The first-order valence-electron chi connectivity index (χ1n) is 11.4. The quantitative estimate of drug-likeness (QED) is 0.603. The number of carbonyl (C=O) groups is 2. The van der Waals surface area contributed by atoms with E-state index in [9.17, 15) is 9.59 Å². The molecule has 6 heteroatoms. The Bertz CT molecular complexity index is 1090. The highest BCUT2D eigenvalue weighted by Gasteiger charge is 2.26. The molecule has 0 saturated heterocycles. The largest absolute Gasteiger partial charge is 0.482 e. The van der Waals surface area contributed by atoms with Gasteiger partial charge >= 0.3 is 5.97 Å². The van der Waals surface area contributed by atoms with E-state index in [1.165, 1.54) is 5.56 Å². The molecule has 0 spiro atoms. The van der Waals surface area contributed by atoms with Crippen LogP contribution in [0.5, 0.6) is 5.75 Å². The van der Waals surface area contributed by atoms with E-state index in [4.69, 9.17) is 9.84 Å². The van der Waals surface area contributed by atoms with Crippen LogP contribution in [0.15, 0.2) is 77.6 Å². The smallest absolute Gasteiger partial charge is 0.341 e. The Balaban J connectivity index is 1.52. The molecule has 2 aromatic carbocycles. The number of carboxylic acids is 1. The number of para-hydroxylation sites is 1. The number of carboxylic acid groups (broad SMARTS) is 1. The Morgan fingerprint density at radius 2 is 1.97 bits per heavy atom. The molecule has 0 saturated carbocycles. The number of rotatable bonds is 8. The van der Waals surface area contributed by atoms with Gasteiger partial charge < -0.3 is 9.84 Å². The van der Waals surface area contributed by atoms with Crippen LogP contribution in [-0.2, 0) is 16.0 Å². The van der Waals surface area contributed by atoms with Gasteiger partial charge in [-0.05, 0) is 67.0 Å². The van der Waals surface area contributed by atoms with Gasteiger partial charge in [-0.1, -0.05) is 36.4 Å². The van der Waals surface area contributed by atoms with Crippen LogP contribution in [0.2, 0.25) is 0 Å². The summed E-state index contributed by atoms with van der Waals surface area (Å²) in [5.74, 6) is -0.0822. The second-order valence-electron chi connectivity index (χ2n) is 8.22. The predicted molar refractivity (Wildman–Crippen MR) is 129 cm³/mol. The molecule has 170 valence electrons. The average Bonchev–Trinajstić information content (AvgIpc) is 3.11. The highest BCUT2D eigenvalue weighted by molar-refractivity contribution is 5.97. The summed E-state index contributed by atoms with van der Waals surface area (Å²) in [6.45, 7) is -0.350. The third-order valence-electron chi connectivity index (χ3n) is 6.01. The van der Waals surface area contributed by atoms with Gasteiger partial charge in [0, 0.05) is 24.7 Å². The van der Waals surface area contributed by atoms with Gasteiger partial charge in [0.1, 0.15) is 5.75 Å². The van der Waals surface area contributed by atoms with E-state index in [2.05, 4.69) is 11.1 Å². The number of benzene rings is 2. The van der Waals surface area contributed by atoms with Crippen LogP contribution in [0.3, 0.4) is 0 Å². The number of fused-ring (bicyclic) bond motifs is 1. The van der Waals surface area contributed by atoms with Crippen molar-refractivity contribution in [3.63, 3.8) is 0 Å². The first-order valence-corrected chi connectivity index (χ1v) is 11.4. The topological polar surface area (TPSA) is 79.2 Å². The van der Waals surface area contributed by atoms with Crippen LogP contribution < -0.4 is 9.64 Å². The van der Waals surface area contributed by atoms with Gasteiger partial charge in [-0.25, -0.2) is 4.79 Å². The molecule has 0 fully saturated rings. The first-order chi connectivity index (χ1) is 16.1. The molecule has 0 bridgehead atoms. The highest BCUT2D eigenvalue weighted by atomic mass is 16.5. The van der Waals surface area contributed by atoms with Crippen LogP contribution in [0.4, 0.5) is 5.69 Å². The Kier molecular flexibility index (Phi) is 7.35. The van der Waals surface area contributed by atoms with Crippen molar-refractivity contribution in [1.82, 2.24) is 0 Å². The van der Waals surface area contributed by atoms with Crippen molar-refractivity contribution in [1.29, 1.82) is 0 Å². The number of allylic oxidation sites excluding steroid dienone is 2. The van der Waals surface area contributed by atoms with Crippen molar-refractivity contribution >= 4 is 23.8 Å². The van der Waals surface area contributed by atoms with E-state index < -0.39 is 5.97 Å². The Hall–Kier alpha value is -3.67. The Labute approximate surface area is 193 Å². The van der Waals surface area contributed by atoms with Gasteiger partial charge in [0.25, 0.3) is 0 Å². The molecule has 1 aliphatic heterocycles. The molecule has 1 atom stereocenters. The molecule has 6 nitrogen and oxygen atoms in total. The minimum Gasteiger partial charge on any atom is -0.482 e. The maximum Gasteiger partial charge on any atom is 0.341 e. The van der Waals surface area contributed by atoms with Crippen LogP contribution in [0.25, 0.3) is 0 Å². The summed E-state index contributed by atoms with van der Waals surface area (Å²) in [6.07, 6.45) is 12.2. The second kappa shape index (κ2) is 10.8. The fourth-order valence-electron chi connectivity index (χ4n) is 4.53. The fraction of sp³-hybridized carbons (Fsp3) is 0.296. The molecule has 1 unspecified atom stereocenters. The highest BCUT2D eigenvalue weighted by Crippen LogP contribution is 2.39. The van der Waals surface area contributed by atoms with Crippen molar-refractivity contribution in [2.24, 2.45) is 4.99 Å². The van der Waals surface area contributed by atoms with Crippen molar-refractivity contribution < 1.29 is 19.4 Å². The number of ether oxygens (including phenoxy) is 1. The molecule has 33 heavy (non-hydrogen) atoms. The van der Waals surface area contributed by atoms with Crippen molar-refractivity contribution in [2.75, 3.05) is 11.5 Å². The van der Waals surface area contributed by atoms with Gasteiger partial charge in [0.05, 0.1) is 11.9 Å². The predicted octanol–water partition coefficient (Wildman–Crippen LogP) is 5.26. The standard InChI is InChI=1S/C27H28N2O4/c30-26(29(21-9-2-1-3-10-21)22-11-4-5-17-28-18-22)16-15-20-8-6-13-24-23(20)12-7-14-25(24)33-19-27(31)32/h1-4,7,9-12,14,17-18,20H,5-6,8,13,15-16,19H2,(H,31,32). The number of hydrogen-bond donors (Lipinski definition) is 1. The third kappa shape index (κ3) is 5.58. The number of amides is 1. The Morgan fingerprint density at radius 1 is 1.12 bits per heavy atom. The van der Waals surface area contributed by atoms with Gasteiger partial charge in [0.2, 0.25) is 5.91 Å². The van der Waals surface area contributed by atoms with Crippen LogP contribution in [0.1, 0.15) is 49.1 Å². The lowest BCUT2D eigenvalue weighted by atomic mass is 9.80. The molecule has 1 heterocycles. The fourth-order valence-corrected chi connectivity index (χ4v) is 4.53. The maximum atomic E-state index is 13.5. The summed E-state index contributed by atoms with van der Waals surface area (Å²) in [6, 6.07) is 15.5. The van der Waals surface area contributed by atoms with E-state index in [1.807, 2.05) is 60.8 Å². The van der Waals surface area contributed by atoms with Gasteiger partial charge in [0.15, 0.2) is 6.61 Å². The molecule has 1 amide bonds. The molecule has 0 aromatic heterocycles. The first kappa shape index (κ1) is 22.5. The molecular formula is C27H28N2O4. The van der Waals surface area contributed by atoms with E-state index in [-0.39, 0.29) is 18.4 Å². The van der Waals surface area contributed by atoms with E-state index in [0.717, 1.165) is 49.1 Å². The van der Waals surface area contributed by atoms with Gasteiger partial charge in [-0.2, -0.15) is 0 Å². The molecule has 1 aliphatic carbocycles. The number of nitrogens with zero attached hydrogens (tertiary/aromatic N) is 2. The summed E-state index contributed by atoms with van der Waals surface area (Å²) in [4.78, 5) is 30.4. The average molecular weight is 445 g/mol. The van der Waals surface area contributed by atoms with Gasteiger partial charge in [-0.3, -0.25) is 14.7 Å². The zero-order valence-corrected chi connectivity index (χ0v) is 18.5. The number of anilines is 1. The lowest BCUT2D eigenvalue weighted by Crippen LogP contribution is -2.30. The minimum atomic E-state index is -0.988. The molecule has 4 rings (SSSR count). The number of aliphatic imine (C=N–C) groups is 1. The summed E-state index contributed by atoms with van der Waals surface area (Å²) >= 11 is 0. The van der Waals surface area contributed by atoms with E-state index in [1.54, 1.807) is 11.1 Å². The third-order valence-corrected chi connectivity index (χ3v) is 6.01. The van der Waals surface area contributed by atoms with Crippen LogP contribution >= 0.6 is 0 Å². The minimum absolute atomic E-state index is 0.0274. The maximum absolute atomic E-state index is 13.5. The number of carbonyl (C=O) groups excluding carboxylic acids is 1. The summed E-state index contributed by atoms with van der Waals surface area (Å²) in [5, 5.41) is 8.96. The zero-order chi connectivity index (χ0) is 23.0. The number of hydrogen-bond acceptors (Lipinski definition) is 4. The van der Waals surface area contributed by atoms with Crippen LogP contribution in [-0.4, -0.2) is 29.8 Å². The number of aliphatic carboxylic acids is 1.